The van der Waals surface area contributed by atoms with E-state index in [-0.39, 0.29) is 30.6 Å². The smallest absolute Gasteiger partial charge is 0.315 e. The summed E-state index contributed by atoms with van der Waals surface area (Å²) in [5.41, 5.74) is -0.209. The van der Waals surface area contributed by atoms with Gasteiger partial charge in [0.05, 0.1) is 19.2 Å². The third-order valence-electron chi connectivity index (χ3n) is 2.17. The highest BCUT2D eigenvalue weighted by Crippen LogP contribution is 2.19. The second kappa shape index (κ2) is 5.81. The number of hydrogen-bond acceptors (Lipinski definition) is 5. The van der Waals surface area contributed by atoms with E-state index in [1.54, 1.807) is 6.92 Å². The van der Waals surface area contributed by atoms with Crippen LogP contribution in [-0.4, -0.2) is 33.9 Å². The number of nitrogens with one attached hydrogen (secondary N) is 2. The lowest BCUT2D eigenvalue weighted by Crippen LogP contribution is -2.42. The molecule has 0 spiro atoms. The summed E-state index contributed by atoms with van der Waals surface area (Å²) >= 11 is 0. The van der Waals surface area contributed by atoms with Crippen LogP contribution in [0.25, 0.3) is 0 Å². The molecule has 1 unspecified atom stereocenters. The number of rotatable bonds is 4. The molecule has 1 atom stereocenters. The summed E-state index contributed by atoms with van der Waals surface area (Å²) in [6.45, 7) is 7.67. The van der Waals surface area contributed by atoms with Crippen LogP contribution in [-0.2, 0) is 12.0 Å². The molecule has 7 nitrogen and oxygen atoms in total. The van der Waals surface area contributed by atoms with Crippen LogP contribution in [0.15, 0.2) is 4.52 Å². The van der Waals surface area contributed by atoms with E-state index in [2.05, 4.69) is 20.8 Å². The van der Waals surface area contributed by atoms with E-state index in [0.29, 0.717) is 11.7 Å². The van der Waals surface area contributed by atoms with Crippen LogP contribution in [0, 0.1) is 0 Å². The fourth-order valence-corrected chi connectivity index (χ4v) is 1.11. The van der Waals surface area contributed by atoms with Crippen LogP contribution >= 0.6 is 0 Å². The molecule has 7 heteroatoms. The number of aromatic nitrogens is 2. The quantitative estimate of drug-likeness (QED) is 0.730. The second-order valence-corrected chi connectivity index (χ2v) is 5.18. The van der Waals surface area contributed by atoms with Crippen LogP contribution in [0.3, 0.4) is 0 Å². The molecule has 18 heavy (non-hydrogen) atoms. The summed E-state index contributed by atoms with van der Waals surface area (Å²) in [7, 11) is 0. The van der Waals surface area contributed by atoms with Gasteiger partial charge in [-0.15, -0.1) is 0 Å². The Bertz CT molecular complexity index is 397. The van der Waals surface area contributed by atoms with Crippen LogP contribution in [0.4, 0.5) is 4.79 Å². The highest BCUT2D eigenvalue weighted by Gasteiger charge is 2.21. The standard InChI is InChI=1S/C11H20N4O3/c1-7(6-16)13-10(17)12-5-8-14-9(18-15-8)11(2,3)4/h7,16H,5-6H2,1-4H3,(H2,12,13,17). The molecule has 3 N–H and O–H groups in total. The Kier molecular flexibility index (Phi) is 4.66. The fraction of sp³-hybridized carbons (Fsp3) is 0.727. The third-order valence-corrected chi connectivity index (χ3v) is 2.17. The lowest BCUT2D eigenvalue weighted by molar-refractivity contribution is 0.220. The van der Waals surface area contributed by atoms with Gasteiger partial charge in [0, 0.05) is 5.41 Å². The lowest BCUT2D eigenvalue weighted by atomic mass is 9.97. The Balaban J connectivity index is 2.45. The van der Waals surface area contributed by atoms with Gasteiger partial charge < -0.3 is 20.3 Å². The van der Waals surface area contributed by atoms with E-state index in [0.717, 1.165) is 0 Å². The van der Waals surface area contributed by atoms with Crippen molar-refractivity contribution >= 4 is 6.03 Å². The zero-order valence-electron chi connectivity index (χ0n) is 11.1. The molecule has 0 bridgehead atoms. The highest BCUT2D eigenvalue weighted by atomic mass is 16.5. The number of carbonyl (C=O) groups is 1. The molecule has 0 fully saturated rings. The molecule has 0 saturated heterocycles. The number of aliphatic hydroxyl groups is 1. The zero-order chi connectivity index (χ0) is 13.8. The summed E-state index contributed by atoms with van der Waals surface area (Å²) in [6, 6.07) is -0.668. The molecule has 0 aliphatic carbocycles. The minimum Gasteiger partial charge on any atom is -0.394 e. The number of hydrogen-bond donors (Lipinski definition) is 3. The monoisotopic (exact) mass is 256 g/mol. The summed E-state index contributed by atoms with van der Waals surface area (Å²) in [4.78, 5) is 15.6. The minimum absolute atomic E-state index is 0.107. The van der Waals surface area contributed by atoms with E-state index in [1.807, 2.05) is 20.8 Å². The Morgan fingerprint density at radius 3 is 2.67 bits per heavy atom. The van der Waals surface area contributed by atoms with Gasteiger partial charge in [0.25, 0.3) is 0 Å². The molecular weight excluding hydrogens is 236 g/mol. The molecule has 1 heterocycles. The molecule has 102 valence electrons. The van der Waals surface area contributed by atoms with Crippen molar-refractivity contribution in [2.75, 3.05) is 6.61 Å². The molecule has 1 rings (SSSR count). The van der Waals surface area contributed by atoms with Crippen molar-refractivity contribution in [2.24, 2.45) is 0 Å². The maximum Gasteiger partial charge on any atom is 0.315 e. The Morgan fingerprint density at radius 2 is 2.17 bits per heavy atom. The Hall–Kier alpha value is -1.63. The van der Waals surface area contributed by atoms with Crippen LogP contribution in [0.2, 0.25) is 0 Å². The molecule has 0 aliphatic heterocycles. The van der Waals surface area contributed by atoms with Crippen molar-refractivity contribution in [1.82, 2.24) is 20.8 Å². The molecule has 1 aromatic heterocycles. The largest absolute Gasteiger partial charge is 0.394 e. The van der Waals surface area contributed by atoms with Gasteiger partial charge in [-0.25, -0.2) is 4.79 Å². The number of aliphatic hydroxyl groups excluding tert-OH is 1. The number of urea groups is 1. The van der Waals surface area contributed by atoms with Crippen LogP contribution in [0.5, 0.6) is 0 Å². The summed E-state index contributed by atoms with van der Waals surface area (Å²) < 4.78 is 5.09. The van der Waals surface area contributed by atoms with Crippen molar-refractivity contribution in [2.45, 2.75) is 45.7 Å². The van der Waals surface area contributed by atoms with Gasteiger partial charge >= 0.3 is 6.03 Å². The van der Waals surface area contributed by atoms with Crippen molar-refractivity contribution < 1.29 is 14.4 Å². The normalized spacial score (nSPS) is 13.2. The van der Waals surface area contributed by atoms with Gasteiger partial charge in [-0.3, -0.25) is 0 Å². The van der Waals surface area contributed by atoms with Gasteiger partial charge in [0.15, 0.2) is 5.82 Å². The molecule has 0 aromatic carbocycles. The van der Waals surface area contributed by atoms with Crippen LogP contribution in [0.1, 0.15) is 39.4 Å². The van der Waals surface area contributed by atoms with Crippen molar-refractivity contribution in [3.63, 3.8) is 0 Å². The zero-order valence-corrected chi connectivity index (χ0v) is 11.1. The number of carbonyl (C=O) groups excluding carboxylic acids is 1. The Labute approximate surface area is 106 Å². The maximum atomic E-state index is 11.4. The average Bonchev–Trinajstić information content (AvgIpc) is 2.74. The summed E-state index contributed by atoms with van der Waals surface area (Å²) in [5.74, 6) is 0.954. The van der Waals surface area contributed by atoms with E-state index in [4.69, 9.17) is 9.63 Å². The van der Waals surface area contributed by atoms with Crippen molar-refractivity contribution in [3.05, 3.63) is 11.7 Å². The number of amides is 2. The van der Waals surface area contributed by atoms with E-state index < -0.39 is 0 Å². The van der Waals surface area contributed by atoms with E-state index in [9.17, 15) is 4.79 Å². The van der Waals surface area contributed by atoms with E-state index in [1.165, 1.54) is 0 Å². The van der Waals surface area contributed by atoms with Crippen LogP contribution < -0.4 is 10.6 Å². The molecule has 0 radical (unpaired) electrons. The second-order valence-electron chi connectivity index (χ2n) is 5.18. The van der Waals surface area contributed by atoms with Gasteiger partial charge in [-0.2, -0.15) is 4.98 Å². The summed E-state index contributed by atoms with van der Waals surface area (Å²) in [6.07, 6.45) is 0. The first-order valence-corrected chi connectivity index (χ1v) is 5.81. The molecule has 1 aromatic rings. The first kappa shape index (κ1) is 14.4. The van der Waals surface area contributed by atoms with Gasteiger partial charge in [0.1, 0.15) is 0 Å². The SMILES string of the molecule is CC(CO)NC(=O)NCc1noc(C(C)(C)C)n1. The Morgan fingerprint density at radius 1 is 1.50 bits per heavy atom. The predicted octanol–water partition coefficient (Wildman–Crippen LogP) is 0.547. The number of nitrogens with zero attached hydrogens (tertiary/aromatic N) is 2. The molecule has 0 saturated carbocycles. The lowest BCUT2D eigenvalue weighted by Gasteiger charge is -2.11. The third kappa shape index (κ3) is 4.33. The average molecular weight is 256 g/mol. The van der Waals surface area contributed by atoms with Gasteiger partial charge in [0.2, 0.25) is 5.89 Å². The van der Waals surface area contributed by atoms with Gasteiger partial charge in [-0.1, -0.05) is 25.9 Å². The van der Waals surface area contributed by atoms with E-state index >= 15 is 0 Å². The molecule has 0 aliphatic rings. The molecule has 2 amide bonds. The first-order valence-electron chi connectivity index (χ1n) is 5.81. The first-order chi connectivity index (χ1) is 8.32. The minimum atomic E-state index is -0.376. The fourth-order valence-electron chi connectivity index (χ4n) is 1.11. The molecular formula is C11H20N4O3. The predicted molar refractivity (Wildman–Crippen MR) is 64.9 cm³/mol. The maximum absolute atomic E-state index is 11.4. The summed E-state index contributed by atoms with van der Waals surface area (Å²) in [5, 5.41) is 17.7. The van der Waals surface area contributed by atoms with Gasteiger partial charge in [-0.05, 0) is 6.92 Å². The van der Waals surface area contributed by atoms with Crippen molar-refractivity contribution in [3.8, 4) is 0 Å². The highest BCUT2D eigenvalue weighted by molar-refractivity contribution is 5.74. The topological polar surface area (TPSA) is 100 Å². The van der Waals surface area contributed by atoms with Crippen molar-refractivity contribution in [1.29, 1.82) is 0 Å².